The summed E-state index contributed by atoms with van der Waals surface area (Å²) in [5, 5.41) is 3.91. The molecule has 7 nitrogen and oxygen atoms in total. The molecule has 1 aromatic carbocycles. The number of carbonyl (C=O) groups excluding carboxylic acids is 3. The predicted octanol–water partition coefficient (Wildman–Crippen LogP) is 3.99. The van der Waals surface area contributed by atoms with Crippen LogP contribution in [-0.2, 0) is 9.59 Å². The van der Waals surface area contributed by atoms with E-state index in [1.165, 1.54) is 4.90 Å². The van der Waals surface area contributed by atoms with Crippen LogP contribution in [0.3, 0.4) is 0 Å². The number of thiazole rings is 1. The Morgan fingerprint density at radius 1 is 1.16 bits per heavy atom. The van der Waals surface area contributed by atoms with Gasteiger partial charge in [-0.1, -0.05) is 25.0 Å². The minimum absolute atomic E-state index is 0.0251. The molecule has 3 aliphatic rings. The third kappa shape index (κ3) is 3.71. The molecule has 31 heavy (non-hydrogen) atoms. The lowest BCUT2D eigenvalue weighted by Crippen LogP contribution is -2.44. The van der Waals surface area contributed by atoms with E-state index in [0.29, 0.717) is 19.4 Å². The van der Waals surface area contributed by atoms with E-state index in [1.54, 1.807) is 11.3 Å². The normalized spacial score (nSPS) is 23.2. The topological polar surface area (TPSA) is 82.6 Å². The van der Waals surface area contributed by atoms with Crippen LogP contribution in [0.4, 0.5) is 4.79 Å². The summed E-state index contributed by atoms with van der Waals surface area (Å²) in [6, 6.07) is 7.81. The van der Waals surface area contributed by atoms with Crippen LogP contribution in [0.5, 0.6) is 0 Å². The van der Waals surface area contributed by atoms with Gasteiger partial charge in [0.2, 0.25) is 5.91 Å². The Bertz CT molecular complexity index is 980. The number of carbonyl (C=O) groups is 3. The maximum atomic E-state index is 13.1. The molecule has 2 aromatic rings. The first-order valence-electron chi connectivity index (χ1n) is 11.4. The van der Waals surface area contributed by atoms with E-state index in [2.05, 4.69) is 11.4 Å². The fraction of sp³-hybridized carbons (Fsp3) is 0.565. The van der Waals surface area contributed by atoms with Crippen molar-refractivity contribution in [2.24, 2.45) is 0 Å². The summed E-state index contributed by atoms with van der Waals surface area (Å²) in [6.07, 6.45) is 7.26. The minimum Gasteiger partial charge on any atom is -0.333 e. The summed E-state index contributed by atoms with van der Waals surface area (Å²) in [5.74, 6) is -0.0145. The molecule has 4 amide bonds. The van der Waals surface area contributed by atoms with Crippen LogP contribution < -0.4 is 5.32 Å². The lowest BCUT2D eigenvalue weighted by atomic mass is 9.98. The Kier molecular flexibility index (Phi) is 5.42. The van der Waals surface area contributed by atoms with Gasteiger partial charge in [-0.15, -0.1) is 11.3 Å². The number of nitrogens with one attached hydrogen (secondary N) is 1. The highest BCUT2D eigenvalue weighted by atomic mass is 32.1. The van der Waals surface area contributed by atoms with Gasteiger partial charge in [0.1, 0.15) is 10.5 Å². The molecule has 8 heteroatoms. The highest BCUT2D eigenvalue weighted by Gasteiger charge is 2.52. The number of fused-ring (bicyclic) bond motifs is 1. The number of hydrogen-bond acceptors (Lipinski definition) is 5. The van der Waals surface area contributed by atoms with Gasteiger partial charge >= 0.3 is 6.03 Å². The van der Waals surface area contributed by atoms with Crippen LogP contribution in [0.2, 0.25) is 0 Å². The van der Waals surface area contributed by atoms with E-state index in [9.17, 15) is 14.4 Å². The molecule has 1 spiro atoms. The summed E-state index contributed by atoms with van der Waals surface area (Å²) in [5.41, 5.74) is 0.311. The largest absolute Gasteiger partial charge is 0.333 e. The summed E-state index contributed by atoms with van der Waals surface area (Å²) >= 11 is 1.67. The predicted molar refractivity (Wildman–Crippen MR) is 119 cm³/mol. The molecule has 1 saturated carbocycles. The Labute approximate surface area is 185 Å². The molecular weight excluding hydrogens is 412 g/mol. The lowest BCUT2D eigenvalue weighted by molar-refractivity contribution is -0.136. The quantitative estimate of drug-likeness (QED) is 0.713. The average molecular weight is 441 g/mol. The maximum Gasteiger partial charge on any atom is 0.325 e. The Morgan fingerprint density at radius 2 is 1.97 bits per heavy atom. The SMILES string of the molecule is O=C1NC2(CCCC2)C(=O)N1CCCC(=O)N1CCCCC1c1nc2ccccc2s1. The van der Waals surface area contributed by atoms with Crippen LogP contribution in [0.1, 0.15) is 68.8 Å². The van der Waals surface area contributed by atoms with Crippen molar-refractivity contribution in [2.45, 2.75) is 69.4 Å². The Morgan fingerprint density at radius 3 is 2.77 bits per heavy atom. The number of aromatic nitrogens is 1. The van der Waals surface area contributed by atoms with E-state index in [0.717, 1.165) is 66.7 Å². The van der Waals surface area contributed by atoms with Gasteiger partial charge < -0.3 is 10.2 Å². The number of rotatable bonds is 5. The monoisotopic (exact) mass is 440 g/mol. The van der Waals surface area contributed by atoms with Gasteiger partial charge in [0.05, 0.1) is 16.3 Å². The molecule has 164 valence electrons. The van der Waals surface area contributed by atoms with Gasteiger partial charge in [-0.2, -0.15) is 0 Å². The highest BCUT2D eigenvalue weighted by Crippen LogP contribution is 2.37. The fourth-order valence-corrected chi connectivity index (χ4v) is 6.36. The first kappa shape index (κ1) is 20.4. The first-order chi connectivity index (χ1) is 15.1. The van der Waals surface area contributed by atoms with Crippen molar-refractivity contribution in [3.63, 3.8) is 0 Å². The van der Waals surface area contributed by atoms with E-state index in [4.69, 9.17) is 4.98 Å². The lowest BCUT2D eigenvalue weighted by Gasteiger charge is -2.34. The number of nitrogens with zero attached hydrogens (tertiary/aromatic N) is 3. The molecule has 1 unspecified atom stereocenters. The number of para-hydroxylation sites is 1. The number of benzene rings is 1. The number of amides is 4. The standard InChI is InChI=1S/C23H28N4O3S/c28-19(11-7-15-27-21(29)23(25-22(27)30)12-4-5-13-23)26-14-6-3-9-17(26)20-24-16-8-1-2-10-18(16)31-20/h1-2,8,10,17H,3-7,9,11-15H2,(H,25,30). The van der Waals surface area contributed by atoms with Crippen molar-refractivity contribution in [2.75, 3.05) is 13.1 Å². The fourth-order valence-electron chi connectivity index (χ4n) is 5.25. The van der Waals surface area contributed by atoms with Crippen molar-refractivity contribution in [1.29, 1.82) is 0 Å². The molecule has 1 atom stereocenters. The van der Waals surface area contributed by atoms with Gasteiger partial charge in [-0.25, -0.2) is 9.78 Å². The van der Waals surface area contributed by atoms with E-state index >= 15 is 0 Å². The molecule has 2 aliphatic heterocycles. The number of piperidine rings is 1. The van der Waals surface area contributed by atoms with Crippen molar-refractivity contribution >= 4 is 39.4 Å². The van der Waals surface area contributed by atoms with Gasteiger partial charge in [-0.05, 0) is 50.7 Å². The van der Waals surface area contributed by atoms with Crippen molar-refractivity contribution in [1.82, 2.24) is 20.1 Å². The molecule has 2 saturated heterocycles. The maximum absolute atomic E-state index is 13.1. The summed E-state index contributed by atoms with van der Waals surface area (Å²) in [7, 11) is 0. The zero-order valence-electron chi connectivity index (χ0n) is 17.6. The number of urea groups is 1. The van der Waals surface area contributed by atoms with Gasteiger partial charge in [0, 0.05) is 19.5 Å². The van der Waals surface area contributed by atoms with Gasteiger partial charge in [0.25, 0.3) is 5.91 Å². The van der Waals surface area contributed by atoms with Crippen molar-refractivity contribution < 1.29 is 14.4 Å². The van der Waals surface area contributed by atoms with Crippen LogP contribution in [-0.4, -0.2) is 51.3 Å². The molecule has 1 aromatic heterocycles. The molecule has 0 radical (unpaired) electrons. The van der Waals surface area contributed by atoms with Gasteiger partial charge in [0.15, 0.2) is 0 Å². The summed E-state index contributed by atoms with van der Waals surface area (Å²) in [4.78, 5) is 46.3. The van der Waals surface area contributed by atoms with Crippen molar-refractivity contribution in [3.8, 4) is 0 Å². The zero-order chi connectivity index (χ0) is 21.4. The molecule has 0 bridgehead atoms. The highest BCUT2D eigenvalue weighted by molar-refractivity contribution is 7.18. The van der Waals surface area contributed by atoms with Crippen LogP contribution in [0.25, 0.3) is 10.2 Å². The number of likely N-dealkylation sites (tertiary alicyclic amines) is 1. The molecule has 3 heterocycles. The number of hydrogen-bond donors (Lipinski definition) is 1. The number of imide groups is 1. The molecule has 1 aliphatic carbocycles. The second kappa shape index (κ2) is 8.22. The summed E-state index contributed by atoms with van der Waals surface area (Å²) < 4.78 is 1.15. The van der Waals surface area contributed by atoms with E-state index < -0.39 is 5.54 Å². The molecule has 3 fully saturated rings. The van der Waals surface area contributed by atoms with Crippen LogP contribution in [0, 0.1) is 0 Å². The Balaban J connectivity index is 1.22. The third-order valence-electron chi connectivity index (χ3n) is 6.89. The first-order valence-corrected chi connectivity index (χ1v) is 12.2. The van der Waals surface area contributed by atoms with Crippen LogP contribution in [0.15, 0.2) is 24.3 Å². The van der Waals surface area contributed by atoms with Crippen molar-refractivity contribution in [3.05, 3.63) is 29.3 Å². The Hall–Kier alpha value is -2.48. The zero-order valence-corrected chi connectivity index (χ0v) is 18.5. The summed E-state index contributed by atoms with van der Waals surface area (Å²) in [6.45, 7) is 1.05. The third-order valence-corrected chi connectivity index (χ3v) is 8.03. The average Bonchev–Trinajstić information content (AvgIpc) is 3.48. The smallest absolute Gasteiger partial charge is 0.325 e. The molecule has 1 N–H and O–H groups in total. The van der Waals surface area contributed by atoms with E-state index in [1.807, 2.05) is 23.1 Å². The van der Waals surface area contributed by atoms with Crippen LogP contribution >= 0.6 is 11.3 Å². The minimum atomic E-state index is -0.675. The second-order valence-electron chi connectivity index (χ2n) is 8.90. The second-order valence-corrected chi connectivity index (χ2v) is 9.96. The van der Waals surface area contributed by atoms with Gasteiger partial charge in [-0.3, -0.25) is 14.5 Å². The molecular formula is C23H28N4O3S. The van der Waals surface area contributed by atoms with E-state index in [-0.39, 0.29) is 23.9 Å². The molecule has 5 rings (SSSR count).